The molecule has 0 atom stereocenters. The Morgan fingerprint density at radius 2 is 1.85 bits per heavy atom. The molecular formula is C16H23N3O. The minimum atomic E-state index is 0.0538. The lowest BCUT2D eigenvalue weighted by atomic mass is 9.89. The second-order valence-corrected chi connectivity index (χ2v) is 6.01. The number of ether oxygens (including phenoxy) is 1. The van der Waals surface area contributed by atoms with Crippen molar-refractivity contribution in [3.63, 3.8) is 0 Å². The topological polar surface area (TPSA) is 39.1 Å². The van der Waals surface area contributed by atoms with Gasteiger partial charge in [-0.3, -0.25) is 4.68 Å². The van der Waals surface area contributed by atoms with Crippen LogP contribution in [0.4, 0.5) is 5.69 Å². The molecule has 4 nitrogen and oxygen atoms in total. The summed E-state index contributed by atoms with van der Waals surface area (Å²) in [5.41, 5.74) is 3.50. The van der Waals surface area contributed by atoms with Crippen LogP contribution in [-0.2, 0) is 19.0 Å². The standard InChI is InChI=1S/C16H23N3O/c1-16(2,3)15-12(11-19(4)18-15)10-17-13-6-8-14(20-5)9-7-13/h6-9,11,17H,10H2,1-5H3. The molecule has 0 saturated carbocycles. The lowest BCUT2D eigenvalue weighted by Crippen LogP contribution is -2.16. The lowest BCUT2D eigenvalue weighted by Gasteiger charge is -2.18. The number of nitrogens with zero attached hydrogens (tertiary/aromatic N) is 2. The second-order valence-electron chi connectivity index (χ2n) is 6.01. The van der Waals surface area contributed by atoms with E-state index in [1.807, 2.05) is 36.0 Å². The van der Waals surface area contributed by atoms with Crippen molar-refractivity contribution in [1.82, 2.24) is 9.78 Å². The van der Waals surface area contributed by atoms with Crippen LogP contribution in [0.5, 0.6) is 5.75 Å². The smallest absolute Gasteiger partial charge is 0.119 e. The Labute approximate surface area is 120 Å². The number of hydrogen-bond donors (Lipinski definition) is 1. The van der Waals surface area contributed by atoms with Crippen molar-refractivity contribution < 1.29 is 4.74 Å². The van der Waals surface area contributed by atoms with Crippen LogP contribution in [-0.4, -0.2) is 16.9 Å². The predicted octanol–water partition coefficient (Wildman–Crippen LogP) is 3.34. The molecule has 4 heteroatoms. The molecule has 1 heterocycles. The fourth-order valence-electron chi connectivity index (χ4n) is 2.20. The van der Waals surface area contributed by atoms with Gasteiger partial charge in [0.05, 0.1) is 12.8 Å². The van der Waals surface area contributed by atoms with E-state index in [4.69, 9.17) is 4.74 Å². The van der Waals surface area contributed by atoms with Crippen LogP contribution in [0.3, 0.4) is 0 Å². The molecule has 0 radical (unpaired) electrons. The molecule has 0 saturated heterocycles. The zero-order valence-corrected chi connectivity index (χ0v) is 12.9. The van der Waals surface area contributed by atoms with Gasteiger partial charge in [0.15, 0.2) is 0 Å². The number of methoxy groups -OCH3 is 1. The maximum absolute atomic E-state index is 5.16. The van der Waals surface area contributed by atoms with Gasteiger partial charge in [0, 0.05) is 36.5 Å². The van der Waals surface area contributed by atoms with Gasteiger partial charge in [0.1, 0.15) is 5.75 Å². The summed E-state index contributed by atoms with van der Waals surface area (Å²) in [5.74, 6) is 0.868. The molecule has 0 aliphatic carbocycles. The molecule has 0 spiro atoms. The van der Waals surface area contributed by atoms with E-state index in [-0.39, 0.29) is 5.41 Å². The van der Waals surface area contributed by atoms with E-state index in [1.165, 1.54) is 5.56 Å². The third-order valence-corrected chi connectivity index (χ3v) is 3.19. The molecule has 2 rings (SSSR count). The monoisotopic (exact) mass is 273 g/mol. The fraction of sp³-hybridized carbons (Fsp3) is 0.438. The van der Waals surface area contributed by atoms with Gasteiger partial charge in [-0.2, -0.15) is 5.10 Å². The molecule has 0 fully saturated rings. The van der Waals surface area contributed by atoms with Gasteiger partial charge < -0.3 is 10.1 Å². The van der Waals surface area contributed by atoms with Crippen molar-refractivity contribution in [2.75, 3.05) is 12.4 Å². The summed E-state index contributed by atoms with van der Waals surface area (Å²) >= 11 is 0. The van der Waals surface area contributed by atoms with Crippen molar-refractivity contribution in [3.05, 3.63) is 41.7 Å². The number of hydrogen-bond acceptors (Lipinski definition) is 3. The summed E-state index contributed by atoms with van der Waals surface area (Å²) in [7, 11) is 3.64. The van der Waals surface area contributed by atoms with E-state index < -0.39 is 0 Å². The fourth-order valence-corrected chi connectivity index (χ4v) is 2.20. The Hall–Kier alpha value is -1.97. The summed E-state index contributed by atoms with van der Waals surface area (Å²) in [6.07, 6.45) is 2.08. The van der Waals surface area contributed by atoms with Crippen LogP contribution in [0, 0.1) is 0 Å². The third kappa shape index (κ3) is 3.32. The van der Waals surface area contributed by atoms with E-state index in [1.54, 1.807) is 7.11 Å². The normalized spacial score (nSPS) is 11.4. The van der Waals surface area contributed by atoms with Crippen LogP contribution in [0.15, 0.2) is 30.5 Å². The molecule has 0 unspecified atom stereocenters. The van der Waals surface area contributed by atoms with E-state index in [0.29, 0.717) is 0 Å². The minimum Gasteiger partial charge on any atom is -0.497 e. The summed E-state index contributed by atoms with van der Waals surface area (Å²) < 4.78 is 7.04. The quantitative estimate of drug-likeness (QED) is 0.928. The average Bonchev–Trinajstić information content (AvgIpc) is 2.78. The van der Waals surface area contributed by atoms with Crippen LogP contribution < -0.4 is 10.1 Å². The van der Waals surface area contributed by atoms with Gasteiger partial charge >= 0.3 is 0 Å². The Balaban J connectivity index is 2.10. The minimum absolute atomic E-state index is 0.0538. The Morgan fingerprint density at radius 3 is 2.40 bits per heavy atom. The maximum atomic E-state index is 5.16. The number of nitrogens with one attached hydrogen (secondary N) is 1. The van der Waals surface area contributed by atoms with Crippen LogP contribution in [0.1, 0.15) is 32.0 Å². The van der Waals surface area contributed by atoms with Crippen molar-refractivity contribution >= 4 is 5.69 Å². The van der Waals surface area contributed by atoms with Crippen LogP contribution in [0.2, 0.25) is 0 Å². The van der Waals surface area contributed by atoms with Crippen molar-refractivity contribution in [2.45, 2.75) is 32.7 Å². The molecule has 108 valence electrons. The van der Waals surface area contributed by atoms with E-state index in [0.717, 1.165) is 23.7 Å². The molecule has 2 aromatic rings. The van der Waals surface area contributed by atoms with Gasteiger partial charge in [0.25, 0.3) is 0 Å². The second kappa shape index (κ2) is 5.57. The van der Waals surface area contributed by atoms with Gasteiger partial charge in [0.2, 0.25) is 0 Å². The highest BCUT2D eigenvalue weighted by atomic mass is 16.5. The van der Waals surface area contributed by atoms with Gasteiger partial charge in [-0.25, -0.2) is 0 Å². The Morgan fingerprint density at radius 1 is 1.20 bits per heavy atom. The highest BCUT2D eigenvalue weighted by molar-refractivity contribution is 5.47. The molecule has 0 amide bonds. The number of aryl methyl sites for hydroxylation is 1. The first kappa shape index (κ1) is 14.4. The van der Waals surface area contributed by atoms with Gasteiger partial charge in [-0.05, 0) is 24.3 Å². The molecule has 0 aliphatic rings. The highest BCUT2D eigenvalue weighted by Gasteiger charge is 2.21. The first-order valence-electron chi connectivity index (χ1n) is 6.81. The summed E-state index contributed by atoms with van der Waals surface area (Å²) in [4.78, 5) is 0. The molecule has 1 aromatic heterocycles. The molecule has 0 bridgehead atoms. The zero-order chi connectivity index (χ0) is 14.8. The first-order chi connectivity index (χ1) is 9.40. The first-order valence-corrected chi connectivity index (χ1v) is 6.81. The highest BCUT2D eigenvalue weighted by Crippen LogP contribution is 2.25. The predicted molar refractivity (Wildman–Crippen MR) is 82.2 cm³/mol. The molecule has 20 heavy (non-hydrogen) atoms. The zero-order valence-electron chi connectivity index (χ0n) is 12.9. The summed E-state index contributed by atoms with van der Waals surface area (Å²) in [6, 6.07) is 7.95. The Bertz CT molecular complexity index is 564. The van der Waals surface area contributed by atoms with E-state index in [9.17, 15) is 0 Å². The molecular weight excluding hydrogens is 250 g/mol. The average molecular weight is 273 g/mol. The molecule has 0 aliphatic heterocycles. The largest absolute Gasteiger partial charge is 0.497 e. The lowest BCUT2D eigenvalue weighted by molar-refractivity contribution is 0.415. The maximum Gasteiger partial charge on any atom is 0.119 e. The Kier molecular flexibility index (Phi) is 4.02. The molecule has 1 N–H and O–H groups in total. The van der Waals surface area contributed by atoms with E-state index in [2.05, 4.69) is 37.4 Å². The number of rotatable bonds is 4. The van der Waals surface area contributed by atoms with Crippen LogP contribution in [0.25, 0.3) is 0 Å². The van der Waals surface area contributed by atoms with Gasteiger partial charge in [-0.15, -0.1) is 0 Å². The third-order valence-electron chi connectivity index (χ3n) is 3.19. The molecule has 1 aromatic carbocycles. The number of aromatic nitrogens is 2. The van der Waals surface area contributed by atoms with Crippen molar-refractivity contribution in [1.29, 1.82) is 0 Å². The van der Waals surface area contributed by atoms with E-state index >= 15 is 0 Å². The van der Waals surface area contributed by atoms with Gasteiger partial charge in [-0.1, -0.05) is 20.8 Å². The number of anilines is 1. The SMILES string of the molecule is COc1ccc(NCc2cn(C)nc2C(C)(C)C)cc1. The van der Waals surface area contributed by atoms with Crippen molar-refractivity contribution in [3.8, 4) is 5.75 Å². The summed E-state index contributed by atoms with van der Waals surface area (Å²) in [6.45, 7) is 7.33. The van der Waals surface area contributed by atoms with Crippen LogP contribution >= 0.6 is 0 Å². The number of benzene rings is 1. The van der Waals surface area contributed by atoms with Crippen molar-refractivity contribution in [2.24, 2.45) is 7.05 Å². The summed E-state index contributed by atoms with van der Waals surface area (Å²) in [5, 5.41) is 8.01.